The summed E-state index contributed by atoms with van der Waals surface area (Å²) in [6.45, 7) is 6.80. The van der Waals surface area contributed by atoms with Crippen molar-refractivity contribution >= 4 is 36.1 Å². The van der Waals surface area contributed by atoms with Crippen LogP contribution in [0.5, 0.6) is 0 Å². The predicted molar refractivity (Wildman–Crippen MR) is 160 cm³/mol. The largest absolute Gasteiger partial charge is 0.354 e. The van der Waals surface area contributed by atoms with Crippen molar-refractivity contribution in [2.24, 2.45) is 28.5 Å². The molecule has 2 aliphatic heterocycles. The van der Waals surface area contributed by atoms with Crippen LogP contribution in [0.25, 0.3) is 5.69 Å². The number of benzene rings is 1. The molecule has 42 heavy (non-hydrogen) atoms. The lowest BCUT2D eigenvalue weighted by molar-refractivity contribution is -0.137. The normalized spacial score (nSPS) is 22.2. The summed E-state index contributed by atoms with van der Waals surface area (Å²) < 4.78 is 1.37. The summed E-state index contributed by atoms with van der Waals surface area (Å²) in [5.74, 6) is 0.426. The van der Waals surface area contributed by atoms with Gasteiger partial charge in [0.25, 0.3) is 0 Å². The zero-order valence-electron chi connectivity index (χ0n) is 24.0. The minimum Gasteiger partial charge on any atom is -0.340 e. The van der Waals surface area contributed by atoms with E-state index in [-0.39, 0.29) is 35.5 Å². The summed E-state index contributed by atoms with van der Waals surface area (Å²) in [5.41, 5.74) is 18.1. The Morgan fingerprint density at radius 2 is 1.71 bits per heavy atom. The number of nitrogens with one attached hydrogen (secondary N) is 1. The van der Waals surface area contributed by atoms with E-state index < -0.39 is 23.3 Å². The molecule has 3 heterocycles. The maximum atomic E-state index is 12.8. The van der Waals surface area contributed by atoms with Crippen molar-refractivity contribution in [1.82, 2.24) is 24.3 Å². The van der Waals surface area contributed by atoms with Gasteiger partial charge in [0.15, 0.2) is 0 Å². The van der Waals surface area contributed by atoms with Crippen LogP contribution >= 0.6 is 12.4 Å². The minimum atomic E-state index is -0.965. The number of anilines is 1. The number of carbonyl (C=O) groups excluding carboxylic acids is 3. The van der Waals surface area contributed by atoms with Gasteiger partial charge in [0.05, 0.1) is 17.3 Å². The first kappa shape index (κ1) is 31.4. The van der Waals surface area contributed by atoms with Gasteiger partial charge in [-0.1, -0.05) is 12.1 Å². The number of nitrogens with two attached hydrogens (primary N) is 3. The molecule has 2 unspecified atom stereocenters. The molecule has 4 amide bonds. The number of hydrogen-bond donors (Lipinski definition) is 4. The fourth-order valence-corrected chi connectivity index (χ4v) is 5.82. The fourth-order valence-electron chi connectivity index (χ4n) is 5.82. The number of halogens is 1. The molecule has 13 nitrogen and oxygen atoms in total. The first-order chi connectivity index (χ1) is 19.4. The molecule has 1 aromatic heterocycles. The molecule has 228 valence electrons. The molecule has 0 bridgehead atoms. The standard InChI is InChI=1S/C28H39N9O4.ClH/c1-27(2,31)24(39)34-9-11-35(12-10-34)25(40)32-22-7-8-37(26(41)33-22)20-5-3-18(4-6-20)13-21(30)23(38)36-15-19-14-28(19,16-29)17-36;/h3-8,19,21H,9-17,29-31H2,1-2H3,(H,32,33,40,41);1H/t19?,21-,28?;/m0./s1. The van der Waals surface area contributed by atoms with E-state index in [1.807, 2.05) is 17.0 Å². The molecule has 3 atom stereocenters. The van der Waals surface area contributed by atoms with E-state index in [9.17, 15) is 19.2 Å². The van der Waals surface area contributed by atoms with Crippen LogP contribution in [-0.2, 0) is 16.0 Å². The number of urea groups is 1. The van der Waals surface area contributed by atoms with Crippen LogP contribution in [0.3, 0.4) is 0 Å². The van der Waals surface area contributed by atoms with E-state index >= 15 is 0 Å². The number of likely N-dealkylation sites (tertiary alicyclic amines) is 1. The number of amides is 4. The van der Waals surface area contributed by atoms with Crippen molar-refractivity contribution in [3.05, 3.63) is 52.6 Å². The fraction of sp³-hybridized carbons (Fsp3) is 0.536. The van der Waals surface area contributed by atoms with Gasteiger partial charge < -0.3 is 31.9 Å². The second-order valence-corrected chi connectivity index (χ2v) is 12.1. The van der Waals surface area contributed by atoms with Crippen LogP contribution in [0.1, 0.15) is 25.8 Å². The van der Waals surface area contributed by atoms with Gasteiger partial charge in [-0.05, 0) is 62.9 Å². The number of fused-ring (bicyclic) bond motifs is 1. The van der Waals surface area contributed by atoms with Gasteiger partial charge in [0, 0.05) is 50.9 Å². The van der Waals surface area contributed by atoms with Crippen molar-refractivity contribution in [2.45, 2.75) is 38.3 Å². The molecule has 2 aromatic rings. The zero-order valence-corrected chi connectivity index (χ0v) is 24.8. The topological polar surface area (TPSA) is 186 Å². The molecule has 1 aromatic carbocycles. The van der Waals surface area contributed by atoms with Gasteiger partial charge in [-0.15, -0.1) is 12.4 Å². The van der Waals surface area contributed by atoms with E-state index in [2.05, 4.69) is 10.3 Å². The predicted octanol–water partition coefficient (Wildman–Crippen LogP) is -0.255. The Morgan fingerprint density at radius 1 is 1.07 bits per heavy atom. The van der Waals surface area contributed by atoms with E-state index in [1.165, 1.54) is 4.57 Å². The van der Waals surface area contributed by atoms with Gasteiger partial charge >= 0.3 is 11.7 Å². The van der Waals surface area contributed by atoms with Crippen molar-refractivity contribution in [3.8, 4) is 5.69 Å². The summed E-state index contributed by atoms with van der Waals surface area (Å²) in [7, 11) is 0. The SMILES string of the molecule is CC(C)(N)C(=O)N1CCN(C(=O)Nc2ccn(-c3ccc(C[C@H](N)C(=O)N4CC5CC5(CN)C4)cc3)c(=O)n2)CC1.Cl. The van der Waals surface area contributed by atoms with Gasteiger partial charge in [-0.3, -0.25) is 19.5 Å². The Kier molecular flexibility index (Phi) is 8.97. The third-order valence-corrected chi connectivity index (χ3v) is 8.45. The van der Waals surface area contributed by atoms with Gasteiger partial charge in [0.2, 0.25) is 11.8 Å². The Morgan fingerprint density at radius 3 is 2.29 bits per heavy atom. The summed E-state index contributed by atoms with van der Waals surface area (Å²) in [5, 5.41) is 2.66. The molecule has 14 heteroatoms. The number of piperidine rings is 1. The summed E-state index contributed by atoms with van der Waals surface area (Å²) >= 11 is 0. The number of carbonyl (C=O) groups is 3. The molecule has 3 aliphatic rings. The van der Waals surface area contributed by atoms with Crippen LogP contribution in [0.15, 0.2) is 41.3 Å². The molecule has 2 saturated heterocycles. The highest BCUT2D eigenvalue weighted by Gasteiger charge is 2.59. The Bertz CT molecular complexity index is 1380. The Labute approximate surface area is 250 Å². The molecule has 0 radical (unpaired) electrons. The first-order valence-corrected chi connectivity index (χ1v) is 14.0. The van der Waals surface area contributed by atoms with Crippen LogP contribution in [0.2, 0.25) is 0 Å². The molecule has 1 aliphatic carbocycles. The average molecular weight is 602 g/mol. The highest BCUT2D eigenvalue weighted by Crippen LogP contribution is 2.56. The minimum absolute atomic E-state index is 0. The van der Waals surface area contributed by atoms with Crippen molar-refractivity contribution in [1.29, 1.82) is 0 Å². The van der Waals surface area contributed by atoms with E-state index in [4.69, 9.17) is 17.2 Å². The smallest absolute Gasteiger partial charge is 0.340 e. The number of nitrogens with zero attached hydrogens (tertiary/aromatic N) is 5. The second kappa shape index (κ2) is 12.0. The molecule has 0 spiro atoms. The van der Waals surface area contributed by atoms with Gasteiger partial charge in [-0.25, -0.2) is 9.59 Å². The van der Waals surface area contributed by atoms with Crippen LogP contribution in [0, 0.1) is 11.3 Å². The summed E-state index contributed by atoms with van der Waals surface area (Å²) in [6.07, 6.45) is 3.03. The number of aromatic nitrogens is 2. The first-order valence-electron chi connectivity index (χ1n) is 14.0. The number of rotatable bonds is 7. The lowest BCUT2D eigenvalue weighted by Gasteiger charge is -2.37. The molecule has 7 N–H and O–H groups in total. The second-order valence-electron chi connectivity index (χ2n) is 12.1. The summed E-state index contributed by atoms with van der Waals surface area (Å²) in [4.78, 5) is 59.7. The van der Waals surface area contributed by atoms with Crippen LogP contribution < -0.4 is 28.2 Å². The molecular weight excluding hydrogens is 562 g/mol. The number of hydrogen-bond acceptors (Lipinski definition) is 8. The average Bonchev–Trinajstić information content (AvgIpc) is 3.51. The lowest BCUT2D eigenvalue weighted by Crippen LogP contribution is -2.58. The zero-order chi connectivity index (χ0) is 29.5. The molecule has 1 saturated carbocycles. The monoisotopic (exact) mass is 601 g/mol. The van der Waals surface area contributed by atoms with Crippen LogP contribution in [-0.4, -0.2) is 99.5 Å². The lowest BCUT2D eigenvalue weighted by atomic mass is 10.0. The van der Waals surface area contributed by atoms with E-state index in [1.54, 1.807) is 48.0 Å². The third kappa shape index (κ3) is 6.43. The van der Waals surface area contributed by atoms with Gasteiger partial charge in [-0.2, -0.15) is 4.98 Å². The van der Waals surface area contributed by atoms with E-state index in [0.717, 1.165) is 18.5 Å². The molecular formula is C28H40ClN9O4. The molecule has 3 fully saturated rings. The quantitative estimate of drug-likeness (QED) is 0.334. The van der Waals surface area contributed by atoms with E-state index in [0.29, 0.717) is 57.3 Å². The van der Waals surface area contributed by atoms with Gasteiger partial charge in [0.1, 0.15) is 5.82 Å². The Hall–Kier alpha value is -3.52. The van der Waals surface area contributed by atoms with Crippen molar-refractivity contribution < 1.29 is 14.4 Å². The highest BCUT2D eigenvalue weighted by atomic mass is 35.5. The molecule has 5 rings (SSSR count). The number of piperazine rings is 1. The maximum absolute atomic E-state index is 12.8. The van der Waals surface area contributed by atoms with Crippen molar-refractivity contribution in [2.75, 3.05) is 51.1 Å². The maximum Gasteiger partial charge on any atom is 0.354 e. The highest BCUT2D eigenvalue weighted by molar-refractivity contribution is 5.89. The van der Waals surface area contributed by atoms with Crippen LogP contribution in [0.4, 0.5) is 10.6 Å². The Balaban J connectivity index is 0.00000405. The third-order valence-electron chi connectivity index (χ3n) is 8.45. The summed E-state index contributed by atoms with van der Waals surface area (Å²) in [6, 6.07) is 7.72. The van der Waals surface area contributed by atoms with Crippen molar-refractivity contribution in [3.63, 3.8) is 0 Å².